The average molecular weight is 446 g/mol. The van der Waals surface area contributed by atoms with E-state index < -0.39 is 10.0 Å². The Balaban J connectivity index is 1.31. The first-order chi connectivity index (χ1) is 14.9. The molecule has 6 nitrogen and oxygen atoms in total. The standard InChI is InChI=1S/C23H28FN3O3S/c24-19-8-6-18(7-9-19)16-25-17-23(28)26-14-12-21(13-15-26)27(20-10-11-20)31(29,30)22-4-2-1-3-5-22/h1-9,20-21,25H,10-17H2. The summed E-state index contributed by atoms with van der Waals surface area (Å²) in [7, 11) is -3.53. The number of rotatable bonds is 8. The Hall–Kier alpha value is -2.29. The van der Waals surface area contributed by atoms with Gasteiger partial charge in [0.2, 0.25) is 15.9 Å². The molecular weight excluding hydrogens is 417 g/mol. The van der Waals surface area contributed by atoms with Gasteiger partial charge in [-0.25, -0.2) is 12.8 Å². The van der Waals surface area contributed by atoms with Crippen LogP contribution >= 0.6 is 0 Å². The number of likely N-dealkylation sites (tertiary alicyclic amines) is 1. The molecule has 0 aromatic heterocycles. The first kappa shape index (κ1) is 21.9. The maximum Gasteiger partial charge on any atom is 0.243 e. The molecule has 0 unspecified atom stereocenters. The SMILES string of the molecule is O=C(CNCc1ccc(F)cc1)N1CCC(N(C2CC2)S(=O)(=O)c2ccccc2)CC1. The number of nitrogens with one attached hydrogen (secondary N) is 1. The lowest BCUT2D eigenvalue weighted by molar-refractivity contribution is -0.131. The van der Waals surface area contributed by atoms with Crippen LogP contribution in [0.25, 0.3) is 0 Å². The Morgan fingerprint density at radius 3 is 2.19 bits per heavy atom. The molecule has 4 rings (SSSR count). The summed E-state index contributed by atoms with van der Waals surface area (Å²) in [6, 6.07) is 14.8. The third kappa shape index (κ3) is 5.31. The molecule has 1 heterocycles. The largest absolute Gasteiger partial charge is 0.341 e. The number of amides is 1. The zero-order valence-electron chi connectivity index (χ0n) is 17.4. The van der Waals surface area contributed by atoms with Crippen molar-refractivity contribution in [3.63, 3.8) is 0 Å². The van der Waals surface area contributed by atoms with Crippen LogP contribution in [0.2, 0.25) is 0 Å². The highest BCUT2D eigenvalue weighted by Gasteiger charge is 2.43. The number of nitrogens with zero attached hydrogens (tertiary/aromatic N) is 2. The monoisotopic (exact) mass is 445 g/mol. The zero-order valence-corrected chi connectivity index (χ0v) is 18.2. The Morgan fingerprint density at radius 1 is 0.968 bits per heavy atom. The van der Waals surface area contributed by atoms with E-state index in [0.717, 1.165) is 18.4 Å². The minimum absolute atomic E-state index is 0.00412. The fraction of sp³-hybridized carbons (Fsp3) is 0.435. The summed E-state index contributed by atoms with van der Waals surface area (Å²) in [5.74, 6) is -0.276. The fourth-order valence-corrected chi connectivity index (χ4v) is 6.08. The van der Waals surface area contributed by atoms with Crippen LogP contribution in [0.4, 0.5) is 4.39 Å². The van der Waals surface area contributed by atoms with Crippen molar-refractivity contribution in [2.45, 2.75) is 49.2 Å². The van der Waals surface area contributed by atoms with E-state index in [1.165, 1.54) is 12.1 Å². The van der Waals surface area contributed by atoms with Crippen molar-refractivity contribution in [1.82, 2.24) is 14.5 Å². The molecule has 1 saturated carbocycles. The molecule has 1 amide bonds. The third-order valence-corrected chi connectivity index (χ3v) is 7.94. The molecule has 8 heteroatoms. The molecule has 1 N–H and O–H groups in total. The van der Waals surface area contributed by atoms with Gasteiger partial charge in [-0.1, -0.05) is 30.3 Å². The number of halogens is 1. The van der Waals surface area contributed by atoms with Crippen molar-refractivity contribution < 1.29 is 17.6 Å². The Bertz CT molecular complexity index is 986. The number of carbonyl (C=O) groups is 1. The summed E-state index contributed by atoms with van der Waals surface area (Å²) in [5.41, 5.74) is 0.916. The molecule has 2 aromatic carbocycles. The molecule has 2 aliphatic rings. The molecule has 166 valence electrons. The van der Waals surface area contributed by atoms with E-state index in [-0.39, 0.29) is 30.4 Å². The van der Waals surface area contributed by atoms with E-state index >= 15 is 0 Å². The van der Waals surface area contributed by atoms with Crippen LogP contribution in [-0.4, -0.2) is 55.2 Å². The van der Waals surface area contributed by atoms with Gasteiger partial charge in [-0.2, -0.15) is 4.31 Å². The summed E-state index contributed by atoms with van der Waals surface area (Å²) in [6.07, 6.45) is 3.09. The quantitative estimate of drug-likeness (QED) is 0.678. The second-order valence-corrected chi connectivity index (χ2v) is 10.1. The smallest absolute Gasteiger partial charge is 0.243 e. The molecule has 1 saturated heterocycles. The number of piperidine rings is 1. The van der Waals surface area contributed by atoms with Crippen LogP contribution in [0.15, 0.2) is 59.5 Å². The lowest BCUT2D eigenvalue weighted by Crippen LogP contribution is -2.50. The van der Waals surface area contributed by atoms with Crippen molar-refractivity contribution in [3.8, 4) is 0 Å². The molecule has 0 spiro atoms. The maximum atomic E-state index is 13.2. The predicted octanol–water partition coefficient (Wildman–Crippen LogP) is 2.76. The first-order valence-corrected chi connectivity index (χ1v) is 12.2. The van der Waals surface area contributed by atoms with Gasteiger partial charge in [0.05, 0.1) is 11.4 Å². The average Bonchev–Trinajstić information content (AvgIpc) is 3.61. The van der Waals surface area contributed by atoms with E-state index in [1.807, 2.05) is 6.07 Å². The highest BCUT2D eigenvalue weighted by molar-refractivity contribution is 7.89. The summed E-state index contributed by atoms with van der Waals surface area (Å²) in [4.78, 5) is 14.7. The zero-order chi connectivity index (χ0) is 21.8. The van der Waals surface area contributed by atoms with Gasteiger partial charge in [0.25, 0.3) is 0 Å². The minimum Gasteiger partial charge on any atom is -0.341 e. The van der Waals surface area contributed by atoms with E-state index in [0.29, 0.717) is 37.4 Å². The number of carbonyl (C=O) groups excluding carboxylic acids is 1. The number of hydrogen-bond donors (Lipinski definition) is 1. The topological polar surface area (TPSA) is 69.7 Å². The minimum atomic E-state index is -3.53. The van der Waals surface area contributed by atoms with Gasteiger partial charge in [-0.3, -0.25) is 4.79 Å². The molecule has 2 fully saturated rings. The Kier molecular flexibility index (Phi) is 6.69. The van der Waals surface area contributed by atoms with Gasteiger partial charge in [0.1, 0.15) is 5.82 Å². The second-order valence-electron chi connectivity index (χ2n) is 8.22. The normalized spacial score (nSPS) is 17.8. The lowest BCUT2D eigenvalue weighted by atomic mass is 10.0. The predicted molar refractivity (Wildman–Crippen MR) is 116 cm³/mol. The van der Waals surface area contributed by atoms with Crippen LogP contribution in [0.3, 0.4) is 0 Å². The van der Waals surface area contributed by atoms with Crippen molar-refractivity contribution in [2.75, 3.05) is 19.6 Å². The summed E-state index contributed by atoms with van der Waals surface area (Å²) in [5, 5.41) is 3.11. The van der Waals surface area contributed by atoms with Crippen LogP contribution in [0.1, 0.15) is 31.2 Å². The highest BCUT2D eigenvalue weighted by atomic mass is 32.2. The van der Waals surface area contributed by atoms with Crippen LogP contribution in [0.5, 0.6) is 0 Å². The second kappa shape index (κ2) is 9.46. The van der Waals surface area contributed by atoms with Gasteiger partial charge in [0.15, 0.2) is 0 Å². The molecule has 0 atom stereocenters. The Labute approximate surface area is 183 Å². The Morgan fingerprint density at radius 2 is 1.58 bits per heavy atom. The van der Waals surface area contributed by atoms with Gasteiger partial charge >= 0.3 is 0 Å². The first-order valence-electron chi connectivity index (χ1n) is 10.8. The van der Waals surface area contributed by atoms with Crippen molar-refractivity contribution in [3.05, 3.63) is 66.0 Å². The van der Waals surface area contributed by atoms with Gasteiger partial charge in [0, 0.05) is 31.7 Å². The summed E-state index contributed by atoms with van der Waals surface area (Å²) in [6.45, 7) is 1.80. The highest BCUT2D eigenvalue weighted by Crippen LogP contribution is 2.36. The van der Waals surface area contributed by atoms with Crippen molar-refractivity contribution in [2.24, 2.45) is 0 Å². The van der Waals surface area contributed by atoms with Crippen LogP contribution in [-0.2, 0) is 21.4 Å². The molecular formula is C23H28FN3O3S. The fourth-order valence-electron chi connectivity index (χ4n) is 4.13. The van der Waals surface area contributed by atoms with Crippen molar-refractivity contribution >= 4 is 15.9 Å². The molecule has 0 radical (unpaired) electrons. The summed E-state index contributed by atoms with van der Waals surface area (Å²) < 4.78 is 41.2. The van der Waals surface area contributed by atoms with Gasteiger partial charge in [-0.15, -0.1) is 0 Å². The third-order valence-electron chi connectivity index (χ3n) is 5.92. The van der Waals surface area contributed by atoms with E-state index in [2.05, 4.69) is 5.32 Å². The number of benzene rings is 2. The molecule has 1 aliphatic heterocycles. The van der Waals surface area contributed by atoms with Crippen LogP contribution in [0, 0.1) is 5.82 Å². The number of sulfonamides is 1. The molecule has 1 aliphatic carbocycles. The van der Waals surface area contributed by atoms with E-state index in [4.69, 9.17) is 0 Å². The molecule has 2 aromatic rings. The van der Waals surface area contributed by atoms with Gasteiger partial charge in [-0.05, 0) is 55.5 Å². The summed E-state index contributed by atoms with van der Waals surface area (Å²) >= 11 is 0. The molecule has 0 bridgehead atoms. The maximum absolute atomic E-state index is 13.2. The number of hydrogen-bond acceptors (Lipinski definition) is 4. The van der Waals surface area contributed by atoms with Crippen LogP contribution < -0.4 is 5.32 Å². The van der Waals surface area contributed by atoms with E-state index in [1.54, 1.807) is 45.6 Å². The van der Waals surface area contributed by atoms with Gasteiger partial charge < -0.3 is 10.2 Å². The van der Waals surface area contributed by atoms with Crippen molar-refractivity contribution in [1.29, 1.82) is 0 Å². The lowest BCUT2D eigenvalue weighted by Gasteiger charge is -2.38. The van der Waals surface area contributed by atoms with E-state index in [9.17, 15) is 17.6 Å². The molecule has 31 heavy (non-hydrogen) atoms.